The fourth-order valence-electron chi connectivity index (χ4n) is 3.20. The molecule has 0 bridgehead atoms. The summed E-state index contributed by atoms with van der Waals surface area (Å²) >= 11 is 0. The number of hydrogen-bond acceptors (Lipinski definition) is 6. The van der Waals surface area contributed by atoms with E-state index in [0.717, 1.165) is 12.1 Å². The molecule has 1 saturated heterocycles. The molecule has 3 rings (SSSR count). The van der Waals surface area contributed by atoms with Gasteiger partial charge in [-0.3, -0.25) is 0 Å². The summed E-state index contributed by atoms with van der Waals surface area (Å²) in [6.45, 7) is -0.636. The molecule has 2 aromatic rings. The van der Waals surface area contributed by atoms with Crippen LogP contribution in [0.5, 0.6) is 5.75 Å². The number of rotatable bonds is 6. The molecular formula is C21H17F6N3O3. The van der Waals surface area contributed by atoms with Crippen LogP contribution in [0.3, 0.4) is 0 Å². The predicted octanol–water partition coefficient (Wildman–Crippen LogP) is 4.73. The summed E-state index contributed by atoms with van der Waals surface area (Å²) in [5.74, 6) is 0.355. The molecule has 0 N–H and O–H groups in total. The molecular weight excluding hydrogens is 456 g/mol. The van der Waals surface area contributed by atoms with Crippen molar-refractivity contribution in [3.05, 3.63) is 59.2 Å². The minimum atomic E-state index is -4.90. The van der Waals surface area contributed by atoms with Gasteiger partial charge in [0.25, 0.3) is 0 Å². The van der Waals surface area contributed by atoms with Gasteiger partial charge < -0.3 is 19.2 Å². The van der Waals surface area contributed by atoms with Gasteiger partial charge in [0.2, 0.25) is 6.23 Å². The third kappa shape index (κ3) is 5.87. The fourth-order valence-corrected chi connectivity index (χ4v) is 3.20. The number of alkyl halides is 6. The zero-order valence-electron chi connectivity index (χ0n) is 17.0. The molecule has 6 nitrogen and oxygen atoms in total. The van der Waals surface area contributed by atoms with Crippen molar-refractivity contribution < 1.29 is 40.7 Å². The summed E-state index contributed by atoms with van der Waals surface area (Å²) in [7, 11) is 1.38. The van der Waals surface area contributed by atoms with Gasteiger partial charge in [0, 0.05) is 5.69 Å². The number of halogens is 6. The lowest BCUT2D eigenvalue weighted by Gasteiger charge is -2.27. The Labute approximate surface area is 184 Å². The van der Waals surface area contributed by atoms with E-state index in [1.807, 2.05) is 0 Å². The van der Waals surface area contributed by atoms with Gasteiger partial charge in [-0.2, -0.15) is 31.6 Å². The highest BCUT2D eigenvalue weighted by molar-refractivity contribution is 5.79. The van der Waals surface area contributed by atoms with Crippen LogP contribution in [-0.2, 0) is 15.8 Å². The monoisotopic (exact) mass is 473 g/mol. The molecule has 0 saturated carbocycles. The first kappa shape index (κ1) is 24.2. The molecule has 0 spiro atoms. The number of anilines is 1. The summed E-state index contributed by atoms with van der Waals surface area (Å²) in [4.78, 5) is 5.24. The second kappa shape index (κ2) is 9.58. The van der Waals surface area contributed by atoms with E-state index in [1.54, 1.807) is 24.3 Å². The predicted molar refractivity (Wildman–Crippen MR) is 105 cm³/mol. The summed E-state index contributed by atoms with van der Waals surface area (Å²) in [5, 5.41) is 12.5. The molecule has 1 heterocycles. The Kier molecular flexibility index (Phi) is 7.02. The molecule has 176 valence electrons. The lowest BCUT2D eigenvalue weighted by Crippen LogP contribution is -2.42. The van der Waals surface area contributed by atoms with Crippen LogP contribution in [0.2, 0.25) is 0 Å². The first-order valence-electron chi connectivity index (χ1n) is 9.42. The topological polar surface area (TPSA) is 67.1 Å². The molecule has 33 heavy (non-hydrogen) atoms. The number of oxime groups is 1. The Morgan fingerprint density at radius 1 is 1.15 bits per heavy atom. The molecule has 1 fully saturated rings. The number of nitrogens with zero attached hydrogens (tertiary/aromatic N) is 3. The first-order valence-corrected chi connectivity index (χ1v) is 9.42. The molecule has 2 unspecified atom stereocenters. The second-order valence-corrected chi connectivity index (χ2v) is 6.94. The maximum Gasteiger partial charge on any atom is 0.433 e. The van der Waals surface area contributed by atoms with Crippen molar-refractivity contribution in [2.24, 2.45) is 5.16 Å². The lowest BCUT2D eigenvalue weighted by molar-refractivity contribution is -0.215. The van der Waals surface area contributed by atoms with Crippen molar-refractivity contribution in [2.45, 2.75) is 24.7 Å². The van der Waals surface area contributed by atoms with Crippen LogP contribution >= 0.6 is 0 Å². The smallest absolute Gasteiger partial charge is 0.433 e. The van der Waals surface area contributed by atoms with E-state index >= 15 is 0 Å². The maximum absolute atomic E-state index is 13.6. The minimum Gasteiger partial charge on any atom is -0.491 e. The highest BCUT2D eigenvalue weighted by Gasteiger charge is 2.51. The van der Waals surface area contributed by atoms with E-state index in [-0.39, 0.29) is 18.8 Å². The Morgan fingerprint density at radius 3 is 2.42 bits per heavy atom. The first-order chi connectivity index (χ1) is 15.5. The van der Waals surface area contributed by atoms with E-state index in [1.165, 1.54) is 19.4 Å². The summed E-state index contributed by atoms with van der Waals surface area (Å²) in [6.07, 6.45) is -11.9. The standard InChI is InChI=1S/C21H17F6N3O3/c1-31-29-10-13-2-6-16(7-3-13)32-12-17-11-30(19(33-17)21(25,26)27)15-5-4-14(9-28)18(8-15)20(22,23)24/h2-8,10,17,19H,11-12H2,1H3. The van der Waals surface area contributed by atoms with Crippen LogP contribution < -0.4 is 9.64 Å². The molecule has 0 radical (unpaired) electrons. The zero-order chi connectivity index (χ0) is 24.2. The summed E-state index contributed by atoms with van der Waals surface area (Å²) < 4.78 is 91.0. The van der Waals surface area contributed by atoms with Crippen molar-refractivity contribution in [1.29, 1.82) is 5.26 Å². The Hall–Kier alpha value is -3.46. The van der Waals surface area contributed by atoms with E-state index in [9.17, 15) is 26.3 Å². The van der Waals surface area contributed by atoms with Crippen LogP contribution in [0, 0.1) is 11.3 Å². The van der Waals surface area contributed by atoms with Gasteiger partial charge in [-0.1, -0.05) is 5.16 Å². The highest BCUT2D eigenvalue weighted by atomic mass is 19.4. The van der Waals surface area contributed by atoms with Crippen molar-refractivity contribution in [1.82, 2.24) is 0 Å². The van der Waals surface area contributed by atoms with E-state index < -0.39 is 35.8 Å². The Morgan fingerprint density at radius 2 is 1.85 bits per heavy atom. The SMILES string of the molecule is CON=Cc1ccc(OCC2CN(c3ccc(C#N)c(C(F)(F)F)c3)C(C(F)(F)F)O2)cc1. The number of hydrogen-bond donors (Lipinski definition) is 0. The van der Waals surface area contributed by atoms with E-state index in [0.29, 0.717) is 22.3 Å². The molecule has 1 aliphatic heterocycles. The van der Waals surface area contributed by atoms with Gasteiger partial charge in [0.15, 0.2) is 0 Å². The maximum atomic E-state index is 13.6. The van der Waals surface area contributed by atoms with Crippen molar-refractivity contribution in [3.63, 3.8) is 0 Å². The fraction of sp³-hybridized carbons (Fsp3) is 0.333. The number of ether oxygens (including phenoxy) is 2. The third-order valence-electron chi connectivity index (χ3n) is 4.67. The molecule has 1 aliphatic rings. The van der Waals surface area contributed by atoms with Gasteiger partial charge in [0.05, 0.1) is 30.0 Å². The molecule has 0 aliphatic carbocycles. The molecule has 0 amide bonds. The van der Waals surface area contributed by atoms with Gasteiger partial charge in [-0.25, -0.2) is 0 Å². The van der Waals surface area contributed by atoms with Crippen LogP contribution in [0.15, 0.2) is 47.6 Å². The molecule has 2 aromatic carbocycles. The lowest BCUT2D eigenvalue weighted by atomic mass is 10.1. The quantitative estimate of drug-likeness (QED) is 0.345. The number of benzene rings is 2. The van der Waals surface area contributed by atoms with Gasteiger partial charge in [-0.15, -0.1) is 0 Å². The Balaban J connectivity index is 1.77. The second-order valence-electron chi connectivity index (χ2n) is 6.94. The normalized spacial score (nSPS) is 19.0. The number of nitriles is 1. The average molecular weight is 473 g/mol. The summed E-state index contributed by atoms with van der Waals surface area (Å²) in [6, 6.07) is 10.2. The third-order valence-corrected chi connectivity index (χ3v) is 4.67. The molecule has 12 heteroatoms. The van der Waals surface area contributed by atoms with Crippen molar-refractivity contribution in [3.8, 4) is 11.8 Å². The highest BCUT2D eigenvalue weighted by Crippen LogP contribution is 2.39. The summed E-state index contributed by atoms with van der Waals surface area (Å²) in [5.41, 5.74) is -1.67. The van der Waals surface area contributed by atoms with Gasteiger partial charge in [0.1, 0.15) is 25.6 Å². The van der Waals surface area contributed by atoms with Crippen molar-refractivity contribution in [2.75, 3.05) is 25.2 Å². The largest absolute Gasteiger partial charge is 0.491 e. The van der Waals surface area contributed by atoms with Crippen LogP contribution in [0.4, 0.5) is 32.0 Å². The van der Waals surface area contributed by atoms with Crippen LogP contribution in [0.1, 0.15) is 16.7 Å². The molecule has 0 aromatic heterocycles. The minimum absolute atomic E-state index is 0.267. The Bertz CT molecular complexity index is 1030. The van der Waals surface area contributed by atoms with Crippen LogP contribution in [0.25, 0.3) is 0 Å². The van der Waals surface area contributed by atoms with Gasteiger partial charge >= 0.3 is 12.4 Å². The van der Waals surface area contributed by atoms with E-state index in [4.69, 9.17) is 14.7 Å². The van der Waals surface area contributed by atoms with E-state index in [2.05, 4.69) is 9.99 Å². The van der Waals surface area contributed by atoms with Crippen molar-refractivity contribution >= 4 is 11.9 Å². The molecule has 2 atom stereocenters. The average Bonchev–Trinajstić information content (AvgIpc) is 3.21. The van der Waals surface area contributed by atoms with Gasteiger partial charge in [-0.05, 0) is 48.0 Å². The van der Waals surface area contributed by atoms with Crippen LogP contribution in [-0.4, -0.2) is 45.0 Å². The zero-order valence-corrected chi connectivity index (χ0v) is 17.0.